The highest BCUT2D eigenvalue weighted by molar-refractivity contribution is 5.66. The van der Waals surface area contributed by atoms with Gasteiger partial charge in [-0.15, -0.1) is 0 Å². The fourth-order valence-corrected chi connectivity index (χ4v) is 4.04. The highest BCUT2D eigenvalue weighted by atomic mass is 16.4. The molecule has 1 aliphatic rings. The molecule has 0 spiro atoms. The summed E-state index contributed by atoms with van der Waals surface area (Å²) in [5, 5.41) is 17.5. The van der Waals surface area contributed by atoms with Gasteiger partial charge in [0.25, 0.3) is 0 Å². The van der Waals surface area contributed by atoms with Crippen LogP contribution in [0.15, 0.2) is 24.5 Å². The zero-order valence-electron chi connectivity index (χ0n) is 17.3. The Morgan fingerprint density at radius 3 is 2.54 bits per heavy atom. The second-order valence-corrected chi connectivity index (χ2v) is 8.68. The molecule has 0 aromatic carbocycles. The van der Waals surface area contributed by atoms with Gasteiger partial charge in [0.05, 0.1) is 5.54 Å². The largest absolute Gasteiger partial charge is 0.465 e. The fourth-order valence-electron chi connectivity index (χ4n) is 4.04. The van der Waals surface area contributed by atoms with Gasteiger partial charge in [-0.2, -0.15) is 5.10 Å². The monoisotopic (exact) mass is 386 g/mol. The lowest BCUT2D eigenvalue weighted by Gasteiger charge is -2.30. The maximum absolute atomic E-state index is 11.7. The Kier molecular flexibility index (Phi) is 5.58. The molecule has 28 heavy (non-hydrogen) atoms. The van der Waals surface area contributed by atoms with Crippen molar-refractivity contribution in [2.24, 2.45) is 0 Å². The van der Waals surface area contributed by atoms with E-state index in [4.69, 9.17) is 5.10 Å². The number of amides is 1. The minimum atomic E-state index is -0.839. The number of anilines is 2. The minimum absolute atomic E-state index is 0.0266. The Balaban J connectivity index is 1.86. The average molecular weight is 387 g/mol. The predicted octanol–water partition coefficient (Wildman–Crippen LogP) is 4.20. The SMILES string of the molecule is CC(C)N(C(=O)O)[C@@H]1CC[C@H](c2cc(Nc3ncccn3)nn2C(C)(C)C)C1. The molecule has 3 rings (SSSR count). The molecular weight excluding hydrogens is 356 g/mol. The Morgan fingerprint density at radius 2 is 1.96 bits per heavy atom. The maximum Gasteiger partial charge on any atom is 0.407 e. The van der Waals surface area contributed by atoms with Gasteiger partial charge < -0.3 is 15.3 Å². The number of carbonyl (C=O) groups is 1. The molecule has 1 amide bonds. The molecule has 2 aromatic rings. The van der Waals surface area contributed by atoms with Crippen molar-refractivity contribution in [2.75, 3.05) is 5.32 Å². The number of carboxylic acid groups (broad SMARTS) is 1. The Bertz CT molecular complexity index is 812. The highest BCUT2D eigenvalue weighted by Crippen LogP contribution is 2.40. The molecule has 0 bridgehead atoms. The maximum atomic E-state index is 11.7. The lowest BCUT2D eigenvalue weighted by molar-refractivity contribution is 0.108. The summed E-state index contributed by atoms with van der Waals surface area (Å²) >= 11 is 0. The molecule has 2 heterocycles. The fraction of sp³-hybridized carbons (Fsp3) is 0.600. The quantitative estimate of drug-likeness (QED) is 0.800. The van der Waals surface area contributed by atoms with E-state index >= 15 is 0 Å². The van der Waals surface area contributed by atoms with E-state index < -0.39 is 6.09 Å². The molecule has 152 valence electrons. The molecule has 0 unspecified atom stereocenters. The normalized spacial score (nSPS) is 19.8. The third kappa shape index (κ3) is 4.26. The van der Waals surface area contributed by atoms with Gasteiger partial charge in [-0.1, -0.05) is 0 Å². The van der Waals surface area contributed by atoms with Crippen LogP contribution >= 0.6 is 0 Å². The van der Waals surface area contributed by atoms with Crippen molar-refractivity contribution in [1.29, 1.82) is 0 Å². The summed E-state index contributed by atoms with van der Waals surface area (Å²) in [5.41, 5.74) is 0.942. The molecule has 1 fully saturated rings. The smallest absolute Gasteiger partial charge is 0.407 e. The predicted molar refractivity (Wildman–Crippen MR) is 108 cm³/mol. The van der Waals surface area contributed by atoms with Gasteiger partial charge in [-0.05, 0) is 59.9 Å². The van der Waals surface area contributed by atoms with E-state index in [0.717, 1.165) is 25.0 Å². The Labute approximate surface area is 166 Å². The first-order chi connectivity index (χ1) is 13.2. The Morgan fingerprint density at radius 1 is 1.29 bits per heavy atom. The lowest BCUT2D eigenvalue weighted by atomic mass is 10.0. The summed E-state index contributed by atoms with van der Waals surface area (Å²) in [4.78, 5) is 21.7. The van der Waals surface area contributed by atoms with Crippen LogP contribution in [0.4, 0.5) is 16.6 Å². The summed E-state index contributed by atoms with van der Waals surface area (Å²) in [6, 6.07) is 3.84. The van der Waals surface area contributed by atoms with Gasteiger partial charge in [0.2, 0.25) is 5.95 Å². The van der Waals surface area contributed by atoms with Crippen LogP contribution in [0.2, 0.25) is 0 Å². The van der Waals surface area contributed by atoms with Crippen LogP contribution < -0.4 is 5.32 Å². The van der Waals surface area contributed by atoms with Gasteiger partial charge in [-0.3, -0.25) is 4.68 Å². The standard InChI is InChI=1S/C20H30N6O2/c1-13(2)25(19(27)28)15-8-7-14(11-15)16-12-17(24-26(16)20(3,4)5)23-18-21-9-6-10-22-18/h6,9-10,12-15H,7-8,11H2,1-5H3,(H,27,28)(H,21,22,23,24)/t14-,15+/m0/s1. The van der Waals surface area contributed by atoms with Crippen molar-refractivity contribution in [3.05, 3.63) is 30.2 Å². The summed E-state index contributed by atoms with van der Waals surface area (Å²) < 4.78 is 2.05. The van der Waals surface area contributed by atoms with Gasteiger partial charge in [-0.25, -0.2) is 14.8 Å². The number of hydrogen-bond donors (Lipinski definition) is 2. The second kappa shape index (κ2) is 7.77. The zero-order valence-corrected chi connectivity index (χ0v) is 17.3. The zero-order chi connectivity index (χ0) is 20.5. The van der Waals surface area contributed by atoms with Crippen LogP contribution in [0.3, 0.4) is 0 Å². The van der Waals surface area contributed by atoms with E-state index in [0.29, 0.717) is 11.8 Å². The highest BCUT2D eigenvalue weighted by Gasteiger charge is 2.36. The van der Waals surface area contributed by atoms with E-state index in [1.165, 1.54) is 0 Å². The first kappa shape index (κ1) is 20.1. The topological polar surface area (TPSA) is 96.2 Å². The van der Waals surface area contributed by atoms with E-state index in [1.54, 1.807) is 23.4 Å². The van der Waals surface area contributed by atoms with Gasteiger partial charge in [0, 0.05) is 42.2 Å². The van der Waals surface area contributed by atoms with Gasteiger partial charge in [0.1, 0.15) is 0 Å². The van der Waals surface area contributed by atoms with Crippen LogP contribution in [0.5, 0.6) is 0 Å². The van der Waals surface area contributed by atoms with E-state index in [2.05, 4.69) is 42.1 Å². The molecule has 0 aliphatic heterocycles. The summed E-state index contributed by atoms with van der Waals surface area (Å²) in [5.74, 6) is 1.48. The van der Waals surface area contributed by atoms with E-state index in [9.17, 15) is 9.90 Å². The number of nitrogens with one attached hydrogen (secondary N) is 1. The third-order valence-electron chi connectivity index (χ3n) is 5.17. The molecule has 8 heteroatoms. The van der Waals surface area contributed by atoms with Gasteiger partial charge in [0.15, 0.2) is 5.82 Å². The van der Waals surface area contributed by atoms with Gasteiger partial charge >= 0.3 is 6.09 Å². The summed E-state index contributed by atoms with van der Waals surface area (Å²) in [7, 11) is 0. The molecule has 1 saturated carbocycles. The second-order valence-electron chi connectivity index (χ2n) is 8.68. The van der Waals surface area contributed by atoms with Crippen LogP contribution in [0.25, 0.3) is 0 Å². The first-order valence-corrected chi connectivity index (χ1v) is 9.82. The summed E-state index contributed by atoms with van der Waals surface area (Å²) in [6.07, 6.45) is 5.16. The van der Waals surface area contributed by atoms with Crippen LogP contribution in [-0.2, 0) is 5.54 Å². The van der Waals surface area contributed by atoms with Crippen molar-refractivity contribution in [1.82, 2.24) is 24.6 Å². The van der Waals surface area contributed by atoms with Crippen molar-refractivity contribution >= 4 is 17.9 Å². The molecule has 1 aliphatic carbocycles. The lowest BCUT2D eigenvalue weighted by Crippen LogP contribution is -2.42. The molecule has 2 atom stereocenters. The minimum Gasteiger partial charge on any atom is -0.465 e. The summed E-state index contributed by atoms with van der Waals surface area (Å²) in [6.45, 7) is 10.2. The van der Waals surface area contributed by atoms with Crippen LogP contribution in [0, 0.1) is 0 Å². The number of aromatic nitrogens is 4. The third-order valence-corrected chi connectivity index (χ3v) is 5.17. The van der Waals surface area contributed by atoms with Crippen molar-refractivity contribution in [2.45, 2.75) is 77.4 Å². The number of rotatable bonds is 5. The molecule has 2 N–H and O–H groups in total. The molecule has 0 saturated heterocycles. The van der Waals surface area contributed by atoms with E-state index in [-0.39, 0.29) is 23.5 Å². The van der Waals surface area contributed by atoms with E-state index in [1.807, 2.05) is 18.5 Å². The molecular formula is C20H30N6O2. The Hall–Kier alpha value is -2.64. The number of nitrogens with zero attached hydrogens (tertiary/aromatic N) is 5. The van der Waals surface area contributed by atoms with Crippen molar-refractivity contribution in [3.63, 3.8) is 0 Å². The van der Waals surface area contributed by atoms with Crippen LogP contribution in [0.1, 0.15) is 65.5 Å². The first-order valence-electron chi connectivity index (χ1n) is 9.82. The molecule has 8 nitrogen and oxygen atoms in total. The molecule has 0 radical (unpaired) electrons. The average Bonchev–Trinajstić information content (AvgIpc) is 3.22. The van der Waals surface area contributed by atoms with Crippen LogP contribution in [-0.4, -0.2) is 47.9 Å². The van der Waals surface area contributed by atoms with Crippen molar-refractivity contribution < 1.29 is 9.90 Å². The number of hydrogen-bond acceptors (Lipinski definition) is 5. The van der Waals surface area contributed by atoms with Crippen molar-refractivity contribution in [3.8, 4) is 0 Å². The molecule has 2 aromatic heterocycles.